The van der Waals surface area contributed by atoms with Gasteiger partial charge in [0.2, 0.25) is 10.0 Å². The van der Waals surface area contributed by atoms with Crippen LogP contribution in [0.15, 0.2) is 11.1 Å². The molecule has 1 aromatic heterocycles. The van der Waals surface area contributed by atoms with Gasteiger partial charge < -0.3 is 0 Å². The molecule has 17 heavy (non-hydrogen) atoms. The molecule has 0 spiro atoms. The van der Waals surface area contributed by atoms with E-state index in [-0.39, 0.29) is 12.1 Å². The molecule has 2 atom stereocenters. The van der Waals surface area contributed by atoms with Crippen LogP contribution in [-0.4, -0.2) is 35.0 Å². The van der Waals surface area contributed by atoms with Crippen LogP contribution in [0, 0.1) is 6.92 Å². The highest BCUT2D eigenvalue weighted by Gasteiger charge is 2.36. The molecule has 0 bridgehead atoms. The number of hydrogen-bond donors (Lipinski definition) is 1. The number of aryl methyl sites for hydroxylation is 1. The minimum atomic E-state index is -3.41. The second-order valence-corrected chi connectivity index (χ2v) is 6.63. The largest absolute Gasteiger partial charge is 0.281 e. The molecule has 0 aromatic carbocycles. The van der Waals surface area contributed by atoms with E-state index in [1.54, 1.807) is 11.2 Å². The Morgan fingerprint density at radius 3 is 2.41 bits per heavy atom. The first-order valence-electron chi connectivity index (χ1n) is 5.98. The summed E-state index contributed by atoms with van der Waals surface area (Å²) in [5.41, 5.74) is 0.606. The molecule has 0 unspecified atom stereocenters. The van der Waals surface area contributed by atoms with Crippen LogP contribution < -0.4 is 0 Å². The molecule has 1 aromatic rings. The van der Waals surface area contributed by atoms with Gasteiger partial charge in [-0.25, -0.2) is 8.42 Å². The lowest BCUT2D eigenvalue weighted by Crippen LogP contribution is -2.47. The van der Waals surface area contributed by atoms with Gasteiger partial charge in [0.25, 0.3) is 0 Å². The van der Waals surface area contributed by atoms with Crippen LogP contribution in [0.4, 0.5) is 0 Å². The van der Waals surface area contributed by atoms with Crippen molar-refractivity contribution in [3.05, 3.63) is 11.9 Å². The van der Waals surface area contributed by atoms with Crippen molar-refractivity contribution >= 4 is 10.0 Å². The average molecular weight is 257 g/mol. The molecule has 2 rings (SSSR count). The minimum Gasteiger partial charge on any atom is -0.281 e. The van der Waals surface area contributed by atoms with Gasteiger partial charge in [-0.2, -0.15) is 9.40 Å². The Labute approximate surface area is 102 Å². The lowest BCUT2D eigenvalue weighted by Gasteiger charge is -2.37. The van der Waals surface area contributed by atoms with Crippen LogP contribution >= 0.6 is 0 Å². The van der Waals surface area contributed by atoms with E-state index in [2.05, 4.69) is 10.2 Å². The van der Waals surface area contributed by atoms with Crippen molar-refractivity contribution in [1.29, 1.82) is 0 Å². The van der Waals surface area contributed by atoms with E-state index in [4.69, 9.17) is 0 Å². The summed E-state index contributed by atoms with van der Waals surface area (Å²) >= 11 is 0. The number of rotatable bonds is 2. The Hall–Kier alpha value is -0.880. The van der Waals surface area contributed by atoms with E-state index in [0.29, 0.717) is 10.6 Å². The highest BCUT2D eigenvalue weighted by molar-refractivity contribution is 7.89. The number of sulfonamides is 1. The lowest BCUT2D eigenvalue weighted by molar-refractivity contribution is 0.204. The topological polar surface area (TPSA) is 66.1 Å². The third-order valence-corrected chi connectivity index (χ3v) is 5.69. The maximum Gasteiger partial charge on any atom is 0.246 e. The summed E-state index contributed by atoms with van der Waals surface area (Å²) in [4.78, 5) is 0.304. The molecular formula is C11H19N3O2S. The highest BCUT2D eigenvalue weighted by Crippen LogP contribution is 2.29. The van der Waals surface area contributed by atoms with Crippen molar-refractivity contribution in [2.24, 2.45) is 0 Å². The molecule has 1 saturated heterocycles. The smallest absolute Gasteiger partial charge is 0.246 e. The summed E-state index contributed by atoms with van der Waals surface area (Å²) in [6.45, 7) is 5.68. The van der Waals surface area contributed by atoms with Gasteiger partial charge in [-0.3, -0.25) is 5.10 Å². The van der Waals surface area contributed by atoms with E-state index in [1.165, 1.54) is 6.20 Å². The molecule has 96 valence electrons. The molecule has 1 N–H and O–H groups in total. The zero-order valence-electron chi connectivity index (χ0n) is 10.5. The van der Waals surface area contributed by atoms with Crippen molar-refractivity contribution in [1.82, 2.24) is 14.5 Å². The lowest BCUT2D eigenvalue weighted by atomic mass is 10.0. The molecule has 0 amide bonds. The first kappa shape index (κ1) is 12.6. The molecule has 6 heteroatoms. The van der Waals surface area contributed by atoms with Crippen molar-refractivity contribution in [3.63, 3.8) is 0 Å². The van der Waals surface area contributed by atoms with Crippen LogP contribution in [0.5, 0.6) is 0 Å². The van der Waals surface area contributed by atoms with Crippen LogP contribution in [0.1, 0.15) is 38.8 Å². The normalized spacial score (nSPS) is 27.2. The van der Waals surface area contributed by atoms with Crippen LogP contribution in [0.25, 0.3) is 0 Å². The fourth-order valence-electron chi connectivity index (χ4n) is 2.58. The first-order chi connectivity index (χ1) is 7.94. The van der Waals surface area contributed by atoms with E-state index >= 15 is 0 Å². The highest BCUT2D eigenvalue weighted by atomic mass is 32.2. The fourth-order valence-corrected chi connectivity index (χ4v) is 4.59. The molecular weight excluding hydrogens is 238 g/mol. The number of aromatic nitrogens is 2. The maximum atomic E-state index is 12.6. The SMILES string of the molecule is Cc1[nH]ncc1S(=O)(=O)N1[C@H](C)CCC[C@@H]1C. The second-order valence-electron chi connectivity index (χ2n) is 4.82. The van der Waals surface area contributed by atoms with Crippen molar-refractivity contribution in [2.75, 3.05) is 0 Å². The summed E-state index contributed by atoms with van der Waals surface area (Å²) in [5, 5.41) is 6.49. The van der Waals surface area contributed by atoms with Crippen molar-refractivity contribution < 1.29 is 8.42 Å². The summed E-state index contributed by atoms with van der Waals surface area (Å²) in [7, 11) is -3.41. The predicted octanol–water partition coefficient (Wildman–Crippen LogP) is 1.67. The third-order valence-electron chi connectivity index (χ3n) is 3.45. The molecule has 5 nitrogen and oxygen atoms in total. The van der Waals surface area contributed by atoms with Crippen molar-refractivity contribution in [3.8, 4) is 0 Å². The number of nitrogens with one attached hydrogen (secondary N) is 1. The van der Waals surface area contributed by atoms with E-state index in [1.807, 2.05) is 13.8 Å². The number of aromatic amines is 1. The zero-order chi connectivity index (χ0) is 12.6. The number of hydrogen-bond acceptors (Lipinski definition) is 3. The van der Waals surface area contributed by atoms with Gasteiger partial charge >= 0.3 is 0 Å². The Morgan fingerprint density at radius 1 is 1.35 bits per heavy atom. The Morgan fingerprint density at radius 2 is 1.94 bits per heavy atom. The van der Waals surface area contributed by atoms with Gasteiger partial charge in [-0.1, -0.05) is 6.42 Å². The number of nitrogens with zero attached hydrogens (tertiary/aromatic N) is 2. The summed E-state index contributed by atoms with van der Waals surface area (Å²) < 4.78 is 26.7. The predicted molar refractivity (Wildman–Crippen MR) is 65.1 cm³/mol. The Kier molecular flexibility index (Phi) is 3.27. The Bertz CT molecular complexity index is 485. The van der Waals surface area contributed by atoms with Crippen LogP contribution in [0.2, 0.25) is 0 Å². The zero-order valence-corrected chi connectivity index (χ0v) is 11.3. The summed E-state index contributed by atoms with van der Waals surface area (Å²) in [6, 6.07) is 0.135. The number of piperidine rings is 1. The monoisotopic (exact) mass is 257 g/mol. The van der Waals surface area contributed by atoms with Gasteiger partial charge in [-0.15, -0.1) is 0 Å². The van der Waals surface area contributed by atoms with E-state index < -0.39 is 10.0 Å². The molecule has 1 aliphatic heterocycles. The van der Waals surface area contributed by atoms with E-state index in [9.17, 15) is 8.42 Å². The van der Waals surface area contributed by atoms with Gasteiger partial charge in [0.05, 0.1) is 11.9 Å². The third kappa shape index (κ3) is 2.11. The fraction of sp³-hybridized carbons (Fsp3) is 0.727. The van der Waals surface area contributed by atoms with E-state index in [0.717, 1.165) is 19.3 Å². The van der Waals surface area contributed by atoms with Gasteiger partial charge in [0.15, 0.2) is 0 Å². The minimum absolute atomic E-state index is 0.0676. The van der Waals surface area contributed by atoms with Gasteiger partial charge in [-0.05, 0) is 33.6 Å². The molecule has 2 heterocycles. The second kappa shape index (κ2) is 4.42. The number of H-pyrrole nitrogens is 1. The van der Waals surface area contributed by atoms with Crippen LogP contribution in [-0.2, 0) is 10.0 Å². The van der Waals surface area contributed by atoms with Crippen molar-refractivity contribution in [2.45, 2.75) is 57.0 Å². The molecule has 0 radical (unpaired) electrons. The standard InChI is InChI=1S/C11H19N3O2S/c1-8-5-4-6-9(2)14(8)17(15,16)11-7-12-13-10(11)3/h7-9H,4-6H2,1-3H3,(H,12,13)/t8-,9+. The average Bonchev–Trinajstić information content (AvgIpc) is 2.64. The quantitative estimate of drug-likeness (QED) is 0.876. The molecule has 0 saturated carbocycles. The molecule has 1 aliphatic rings. The Balaban J connectivity index is 2.41. The van der Waals surface area contributed by atoms with Gasteiger partial charge in [0, 0.05) is 12.1 Å². The first-order valence-corrected chi connectivity index (χ1v) is 7.42. The molecule has 0 aliphatic carbocycles. The summed E-state index contributed by atoms with van der Waals surface area (Å²) in [6.07, 6.45) is 4.36. The maximum absolute atomic E-state index is 12.6. The van der Waals surface area contributed by atoms with Crippen LogP contribution in [0.3, 0.4) is 0 Å². The molecule has 1 fully saturated rings. The summed E-state index contributed by atoms with van der Waals surface area (Å²) in [5.74, 6) is 0. The van der Waals surface area contributed by atoms with Gasteiger partial charge in [0.1, 0.15) is 4.90 Å².